The number of carbonyl (C=O) groups excluding carboxylic acids is 2. The highest BCUT2D eigenvalue weighted by Gasteiger charge is 2.13. The Balaban J connectivity index is 1.66. The summed E-state index contributed by atoms with van der Waals surface area (Å²) < 4.78 is 0. The first kappa shape index (κ1) is 21.9. The third-order valence-corrected chi connectivity index (χ3v) is 4.33. The van der Waals surface area contributed by atoms with Crippen molar-refractivity contribution in [2.24, 2.45) is 0 Å². The Bertz CT molecular complexity index is 1220. The number of amides is 2. The number of nitro groups is 1. The minimum absolute atomic E-state index is 0.0401. The Morgan fingerprint density at radius 2 is 1.62 bits per heavy atom. The second-order valence-electron chi connectivity index (χ2n) is 6.56. The number of para-hydroxylation sites is 1. The van der Waals surface area contributed by atoms with Crippen molar-refractivity contribution in [2.45, 2.75) is 0 Å². The number of hydrogen-bond donors (Lipinski definition) is 3. The van der Waals surface area contributed by atoms with Gasteiger partial charge in [0.15, 0.2) is 0 Å². The van der Waals surface area contributed by atoms with E-state index in [1.165, 1.54) is 60.7 Å². The van der Waals surface area contributed by atoms with Crippen LogP contribution < -0.4 is 10.6 Å². The van der Waals surface area contributed by atoms with Crippen molar-refractivity contribution in [1.29, 1.82) is 0 Å². The van der Waals surface area contributed by atoms with Crippen molar-refractivity contribution in [3.8, 4) is 0 Å². The number of nitro benzene ring substituents is 1. The van der Waals surface area contributed by atoms with Gasteiger partial charge in [-0.2, -0.15) is 0 Å². The van der Waals surface area contributed by atoms with Gasteiger partial charge in [-0.05, 0) is 54.1 Å². The number of carboxylic acids is 1. The Hall–Kier alpha value is -4.79. The lowest BCUT2D eigenvalue weighted by molar-refractivity contribution is -0.384. The summed E-state index contributed by atoms with van der Waals surface area (Å²) >= 11 is 0. The number of non-ortho nitro benzene ring substituents is 1. The summed E-state index contributed by atoms with van der Waals surface area (Å²) in [5.41, 5.74) is 1.26. The molecule has 0 radical (unpaired) electrons. The van der Waals surface area contributed by atoms with Gasteiger partial charge in [0.05, 0.1) is 16.2 Å². The molecule has 0 aliphatic carbocycles. The minimum Gasteiger partial charge on any atom is -0.478 e. The minimum atomic E-state index is -1.17. The van der Waals surface area contributed by atoms with Crippen molar-refractivity contribution < 1.29 is 24.4 Å². The maximum absolute atomic E-state index is 12.5. The molecule has 3 N–H and O–H groups in total. The number of carboxylic acid groups (broad SMARTS) is 1. The lowest BCUT2D eigenvalue weighted by Gasteiger charge is -2.09. The lowest BCUT2D eigenvalue weighted by atomic mass is 10.1. The van der Waals surface area contributed by atoms with Gasteiger partial charge in [0, 0.05) is 29.5 Å². The molecule has 0 fully saturated rings. The highest BCUT2D eigenvalue weighted by atomic mass is 16.6. The van der Waals surface area contributed by atoms with Gasteiger partial charge >= 0.3 is 5.97 Å². The van der Waals surface area contributed by atoms with E-state index in [2.05, 4.69) is 10.6 Å². The van der Waals surface area contributed by atoms with E-state index >= 15 is 0 Å². The van der Waals surface area contributed by atoms with E-state index in [1.54, 1.807) is 24.3 Å². The van der Waals surface area contributed by atoms with Gasteiger partial charge < -0.3 is 15.7 Å². The standard InChI is InChI=1S/C23H17N3O6/c27-21(13-10-15-8-11-18(12-9-15)26(31)32)24-17-5-3-4-16(14-17)22(28)25-20-7-2-1-6-19(20)23(29)30/h1-14H,(H,24,27)(H,25,28)(H,29,30). The molecule has 3 rings (SSSR count). The second kappa shape index (κ2) is 9.81. The maximum atomic E-state index is 12.5. The molecule has 160 valence electrons. The fourth-order valence-electron chi connectivity index (χ4n) is 2.77. The van der Waals surface area contributed by atoms with Crippen LogP contribution in [0.4, 0.5) is 17.1 Å². The highest BCUT2D eigenvalue weighted by Crippen LogP contribution is 2.18. The van der Waals surface area contributed by atoms with E-state index in [1.807, 2.05) is 0 Å². The van der Waals surface area contributed by atoms with Gasteiger partial charge in [0.25, 0.3) is 11.6 Å². The molecule has 0 saturated carbocycles. The molecular weight excluding hydrogens is 414 g/mol. The summed E-state index contributed by atoms with van der Waals surface area (Å²) in [5, 5.41) is 25.1. The highest BCUT2D eigenvalue weighted by molar-refractivity contribution is 6.09. The summed E-state index contributed by atoms with van der Waals surface area (Å²) in [4.78, 5) is 46.2. The molecular formula is C23H17N3O6. The molecule has 0 spiro atoms. The lowest BCUT2D eigenvalue weighted by Crippen LogP contribution is -2.15. The molecule has 2 amide bonds. The number of aromatic carboxylic acids is 1. The van der Waals surface area contributed by atoms with E-state index in [4.69, 9.17) is 0 Å². The average molecular weight is 431 g/mol. The number of nitrogens with zero attached hydrogens (tertiary/aromatic N) is 1. The molecule has 0 heterocycles. The van der Waals surface area contributed by atoms with E-state index in [9.17, 15) is 29.6 Å². The van der Waals surface area contributed by atoms with Crippen LogP contribution in [0.2, 0.25) is 0 Å². The van der Waals surface area contributed by atoms with Crippen LogP contribution in [-0.2, 0) is 4.79 Å². The van der Waals surface area contributed by atoms with Crippen LogP contribution in [0.3, 0.4) is 0 Å². The van der Waals surface area contributed by atoms with Gasteiger partial charge in [-0.15, -0.1) is 0 Å². The van der Waals surface area contributed by atoms with E-state index < -0.39 is 22.7 Å². The van der Waals surface area contributed by atoms with Crippen LogP contribution in [-0.4, -0.2) is 27.8 Å². The van der Waals surface area contributed by atoms with Crippen LogP contribution in [0.1, 0.15) is 26.3 Å². The van der Waals surface area contributed by atoms with Crippen LogP contribution in [0.15, 0.2) is 78.9 Å². The topological polar surface area (TPSA) is 139 Å². The first-order chi connectivity index (χ1) is 15.3. The Morgan fingerprint density at radius 1 is 0.906 bits per heavy atom. The van der Waals surface area contributed by atoms with E-state index in [0.29, 0.717) is 11.3 Å². The van der Waals surface area contributed by atoms with Gasteiger partial charge in [-0.25, -0.2) is 4.79 Å². The molecule has 0 atom stereocenters. The van der Waals surface area contributed by atoms with Gasteiger partial charge in [0.2, 0.25) is 5.91 Å². The summed E-state index contributed by atoms with van der Waals surface area (Å²) in [6, 6.07) is 17.9. The van der Waals surface area contributed by atoms with Crippen molar-refractivity contribution >= 4 is 40.9 Å². The van der Waals surface area contributed by atoms with Gasteiger partial charge in [-0.1, -0.05) is 18.2 Å². The van der Waals surface area contributed by atoms with Crippen LogP contribution >= 0.6 is 0 Å². The SMILES string of the molecule is O=C(C=Cc1ccc([N+](=O)[O-])cc1)Nc1cccc(C(=O)Nc2ccccc2C(=O)O)c1. The van der Waals surface area contributed by atoms with Crippen LogP contribution in [0.5, 0.6) is 0 Å². The van der Waals surface area contributed by atoms with Gasteiger partial charge in [0.1, 0.15) is 0 Å². The third kappa shape index (κ3) is 5.63. The van der Waals surface area contributed by atoms with Crippen molar-refractivity contribution in [3.63, 3.8) is 0 Å². The number of nitrogens with one attached hydrogen (secondary N) is 2. The quantitative estimate of drug-likeness (QED) is 0.291. The molecule has 9 nitrogen and oxygen atoms in total. The van der Waals surface area contributed by atoms with Crippen LogP contribution in [0.25, 0.3) is 6.08 Å². The zero-order valence-electron chi connectivity index (χ0n) is 16.5. The third-order valence-electron chi connectivity index (χ3n) is 4.33. The normalized spacial score (nSPS) is 10.5. The van der Waals surface area contributed by atoms with Crippen LogP contribution in [0, 0.1) is 10.1 Å². The maximum Gasteiger partial charge on any atom is 0.337 e. The zero-order valence-corrected chi connectivity index (χ0v) is 16.5. The Kier molecular flexibility index (Phi) is 6.72. The largest absolute Gasteiger partial charge is 0.478 e. The molecule has 3 aromatic carbocycles. The number of carbonyl (C=O) groups is 3. The number of rotatable bonds is 7. The fraction of sp³-hybridized carbons (Fsp3) is 0. The molecule has 3 aromatic rings. The smallest absolute Gasteiger partial charge is 0.337 e. The summed E-state index contributed by atoms with van der Waals surface area (Å²) in [6.45, 7) is 0. The molecule has 0 saturated heterocycles. The fourth-order valence-corrected chi connectivity index (χ4v) is 2.77. The average Bonchev–Trinajstić information content (AvgIpc) is 2.78. The zero-order chi connectivity index (χ0) is 23.1. The summed E-state index contributed by atoms with van der Waals surface area (Å²) in [5.74, 6) is -2.16. The summed E-state index contributed by atoms with van der Waals surface area (Å²) in [6.07, 6.45) is 2.76. The molecule has 9 heteroatoms. The number of hydrogen-bond acceptors (Lipinski definition) is 5. The Labute approximate surface area is 182 Å². The monoisotopic (exact) mass is 431 g/mol. The predicted molar refractivity (Wildman–Crippen MR) is 119 cm³/mol. The Morgan fingerprint density at radius 3 is 2.31 bits per heavy atom. The molecule has 32 heavy (non-hydrogen) atoms. The van der Waals surface area contributed by atoms with Gasteiger partial charge in [-0.3, -0.25) is 19.7 Å². The summed E-state index contributed by atoms with van der Waals surface area (Å²) in [7, 11) is 0. The van der Waals surface area contributed by atoms with E-state index in [-0.39, 0.29) is 22.5 Å². The van der Waals surface area contributed by atoms with Crippen molar-refractivity contribution in [2.75, 3.05) is 10.6 Å². The molecule has 0 bridgehead atoms. The first-order valence-corrected chi connectivity index (χ1v) is 9.31. The molecule has 0 aliphatic rings. The first-order valence-electron chi connectivity index (χ1n) is 9.31. The van der Waals surface area contributed by atoms with E-state index in [0.717, 1.165) is 0 Å². The molecule has 0 aromatic heterocycles. The number of benzene rings is 3. The molecule has 0 unspecified atom stereocenters. The van der Waals surface area contributed by atoms with Crippen molar-refractivity contribution in [3.05, 3.63) is 106 Å². The second-order valence-corrected chi connectivity index (χ2v) is 6.56. The number of anilines is 2. The predicted octanol–water partition coefficient (Wildman–Crippen LogP) is 4.20. The van der Waals surface area contributed by atoms with Crippen molar-refractivity contribution in [1.82, 2.24) is 0 Å². The molecule has 0 aliphatic heterocycles.